The lowest BCUT2D eigenvalue weighted by Gasteiger charge is -2.32. The van der Waals surface area contributed by atoms with Crippen molar-refractivity contribution in [2.45, 2.75) is 31.7 Å². The molecule has 6 heterocycles. The van der Waals surface area contributed by atoms with Gasteiger partial charge in [-0.2, -0.15) is 0 Å². The van der Waals surface area contributed by atoms with Crippen LogP contribution < -0.4 is 15.0 Å². The summed E-state index contributed by atoms with van der Waals surface area (Å²) in [6.07, 6.45) is 7.47. The number of hydrogen-bond donors (Lipinski definition) is 1. The number of likely N-dealkylation sites (tertiary alicyclic amines) is 1. The lowest BCUT2D eigenvalue weighted by atomic mass is 9.96. The van der Waals surface area contributed by atoms with E-state index in [1.807, 2.05) is 35.9 Å². The summed E-state index contributed by atoms with van der Waals surface area (Å²) in [6.45, 7) is 5.17. The van der Waals surface area contributed by atoms with Crippen LogP contribution in [0.3, 0.4) is 0 Å². The molecular weight excluding hydrogens is 448 g/mol. The number of rotatable bonds is 4. The van der Waals surface area contributed by atoms with Crippen LogP contribution in [0.5, 0.6) is 5.75 Å². The molecule has 1 spiro atoms. The summed E-state index contributed by atoms with van der Waals surface area (Å²) in [6, 6.07) is 7.90. The smallest absolute Gasteiger partial charge is 0.265 e. The summed E-state index contributed by atoms with van der Waals surface area (Å²) in [5, 5.41) is 3.99. The number of fused-ring (bicyclic) bond motifs is 2. The zero-order chi connectivity index (χ0) is 23.4. The van der Waals surface area contributed by atoms with Crippen LogP contribution in [-0.4, -0.2) is 64.5 Å². The maximum Gasteiger partial charge on any atom is 0.265 e. The minimum atomic E-state index is -0.174. The molecule has 8 nitrogen and oxygen atoms in total. The Morgan fingerprint density at radius 1 is 1.18 bits per heavy atom. The molecule has 0 bridgehead atoms. The third-order valence-electron chi connectivity index (χ3n) is 7.34. The fourth-order valence-electron chi connectivity index (χ4n) is 5.43. The second kappa shape index (κ2) is 7.95. The predicted octanol–water partition coefficient (Wildman–Crippen LogP) is 4.19. The van der Waals surface area contributed by atoms with Gasteiger partial charge in [-0.05, 0) is 58.0 Å². The Bertz CT molecular complexity index is 1410. The van der Waals surface area contributed by atoms with Gasteiger partial charge in [0.15, 0.2) is 0 Å². The number of ether oxygens (including phenoxy) is 1. The van der Waals surface area contributed by atoms with Crippen molar-refractivity contribution < 1.29 is 9.53 Å². The molecule has 4 aromatic heterocycles. The summed E-state index contributed by atoms with van der Waals surface area (Å²) in [4.78, 5) is 28.9. The first-order valence-electron chi connectivity index (χ1n) is 11.7. The quantitative estimate of drug-likeness (QED) is 0.476. The molecule has 2 fully saturated rings. The molecular formula is C25H28N6O2S. The van der Waals surface area contributed by atoms with Gasteiger partial charge in [0, 0.05) is 42.5 Å². The highest BCUT2D eigenvalue weighted by Gasteiger charge is 2.44. The average Bonchev–Trinajstić information content (AvgIpc) is 3.59. The van der Waals surface area contributed by atoms with Gasteiger partial charge in [0.1, 0.15) is 27.7 Å². The lowest BCUT2D eigenvalue weighted by Crippen LogP contribution is -2.43. The standard InChI is InChI=1S/C25H28N6O2S/c1-16-13-31-14-18(19(33-3)12-22(31)26-16)27-23(32)20-11-17-5-6-21(28-24(17)34-20)30-10-8-25(15-30)7-4-9-29(25)2/h5-6,11-14H,4,7-10,15H2,1-3H3,(H,27,32)/t25-/m0/s1. The second-order valence-corrected chi connectivity index (χ2v) is 10.5. The van der Waals surface area contributed by atoms with E-state index >= 15 is 0 Å². The Balaban J connectivity index is 1.24. The van der Waals surface area contributed by atoms with Crippen molar-refractivity contribution in [2.24, 2.45) is 0 Å². The molecule has 176 valence electrons. The number of carbonyl (C=O) groups excluding carboxylic acids is 1. The van der Waals surface area contributed by atoms with Gasteiger partial charge < -0.3 is 19.4 Å². The number of amides is 1. The third kappa shape index (κ3) is 3.50. The van der Waals surface area contributed by atoms with Gasteiger partial charge in [-0.3, -0.25) is 9.69 Å². The summed E-state index contributed by atoms with van der Waals surface area (Å²) >= 11 is 1.42. The zero-order valence-corrected chi connectivity index (χ0v) is 20.5. The van der Waals surface area contributed by atoms with Crippen LogP contribution >= 0.6 is 11.3 Å². The molecule has 2 aliphatic rings. The summed E-state index contributed by atoms with van der Waals surface area (Å²) in [5.41, 5.74) is 2.58. The van der Waals surface area contributed by atoms with Gasteiger partial charge in [0.2, 0.25) is 0 Å². The Hall–Kier alpha value is -3.17. The summed E-state index contributed by atoms with van der Waals surface area (Å²) < 4.78 is 7.38. The van der Waals surface area contributed by atoms with Gasteiger partial charge in [0.05, 0.1) is 17.7 Å². The van der Waals surface area contributed by atoms with Crippen LogP contribution in [0.1, 0.15) is 34.6 Å². The van der Waals surface area contributed by atoms with Crippen molar-refractivity contribution in [3.63, 3.8) is 0 Å². The van der Waals surface area contributed by atoms with E-state index in [1.165, 1.54) is 37.1 Å². The van der Waals surface area contributed by atoms with E-state index in [-0.39, 0.29) is 5.91 Å². The zero-order valence-electron chi connectivity index (χ0n) is 19.7. The van der Waals surface area contributed by atoms with Crippen molar-refractivity contribution in [3.05, 3.63) is 47.2 Å². The summed E-state index contributed by atoms with van der Waals surface area (Å²) in [5.74, 6) is 1.40. The molecule has 6 rings (SSSR count). The first kappa shape index (κ1) is 21.4. The maximum atomic E-state index is 13.1. The van der Waals surface area contributed by atoms with Crippen molar-refractivity contribution in [3.8, 4) is 5.75 Å². The van der Waals surface area contributed by atoms with E-state index in [0.717, 1.165) is 40.5 Å². The highest BCUT2D eigenvalue weighted by molar-refractivity contribution is 7.20. The maximum absolute atomic E-state index is 13.1. The van der Waals surface area contributed by atoms with Gasteiger partial charge in [-0.1, -0.05) is 0 Å². The number of methoxy groups -OCH3 is 1. The minimum absolute atomic E-state index is 0.174. The van der Waals surface area contributed by atoms with E-state index in [9.17, 15) is 4.79 Å². The van der Waals surface area contributed by atoms with Crippen LogP contribution in [0.4, 0.5) is 11.5 Å². The van der Waals surface area contributed by atoms with Crippen molar-refractivity contribution in [1.82, 2.24) is 19.3 Å². The van der Waals surface area contributed by atoms with Crippen LogP contribution in [0.25, 0.3) is 15.9 Å². The number of nitrogens with one attached hydrogen (secondary N) is 1. The topological polar surface area (TPSA) is 75.0 Å². The number of nitrogens with zero attached hydrogens (tertiary/aromatic N) is 5. The molecule has 2 aliphatic heterocycles. The predicted molar refractivity (Wildman–Crippen MR) is 135 cm³/mol. The van der Waals surface area contributed by atoms with Crippen LogP contribution in [0.2, 0.25) is 0 Å². The van der Waals surface area contributed by atoms with Crippen LogP contribution in [-0.2, 0) is 0 Å². The number of carbonyl (C=O) groups is 1. The Labute approximate surface area is 202 Å². The fraction of sp³-hybridized carbons (Fsp3) is 0.400. The highest BCUT2D eigenvalue weighted by Crippen LogP contribution is 2.38. The van der Waals surface area contributed by atoms with Crippen molar-refractivity contribution in [1.29, 1.82) is 0 Å². The molecule has 0 unspecified atom stereocenters. The number of aryl methyl sites for hydroxylation is 1. The number of aromatic nitrogens is 3. The van der Waals surface area contributed by atoms with E-state index in [0.29, 0.717) is 21.9 Å². The normalized spacial score (nSPS) is 20.7. The third-order valence-corrected chi connectivity index (χ3v) is 8.38. The molecule has 0 aromatic carbocycles. The molecule has 1 N–H and O–H groups in total. The van der Waals surface area contributed by atoms with E-state index in [1.54, 1.807) is 7.11 Å². The molecule has 34 heavy (non-hydrogen) atoms. The number of thiophene rings is 1. The SMILES string of the molecule is COc1cc2nc(C)cn2cc1NC(=O)c1cc2ccc(N3CC[C@@]4(CCCN4C)C3)nc2s1. The number of imidazole rings is 1. The monoisotopic (exact) mass is 476 g/mol. The fourth-order valence-corrected chi connectivity index (χ4v) is 6.35. The molecule has 9 heteroatoms. The van der Waals surface area contributed by atoms with E-state index in [4.69, 9.17) is 9.72 Å². The molecule has 4 aromatic rings. The Kier molecular flexibility index (Phi) is 5.00. The molecule has 1 atom stereocenters. The molecule has 0 saturated carbocycles. The van der Waals surface area contributed by atoms with Crippen molar-refractivity contribution >= 4 is 44.6 Å². The number of hydrogen-bond acceptors (Lipinski definition) is 7. The first-order chi connectivity index (χ1) is 16.4. The molecule has 1 amide bonds. The number of likely N-dealkylation sites (N-methyl/N-ethyl adjacent to an activating group) is 1. The van der Waals surface area contributed by atoms with Crippen LogP contribution in [0, 0.1) is 6.92 Å². The van der Waals surface area contributed by atoms with Crippen molar-refractivity contribution in [2.75, 3.05) is 44.0 Å². The summed E-state index contributed by atoms with van der Waals surface area (Å²) in [7, 11) is 3.84. The van der Waals surface area contributed by atoms with E-state index < -0.39 is 0 Å². The average molecular weight is 477 g/mol. The first-order valence-corrected chi connectivity index (χ1v) is 12.5. The number of anilines is 2. The molecule has 0 radical (unpaired) electrons. The second-order valence-electron chi connectivity index (χ2n) is 9.45. The van der Waals surface area contributed by atoms with Gasteiger partial charge in [-0.25, -0.2) is 9.97 Å². The largest absolute Gasteiger partial charge is 0.494 e. The van der Waals surface area contributed by atoms with Gasteiger partial charge in [0.25, 0.3) is 5.91 Å². The van der Waals surface area contributed by atoms with Gasteiger partial charge in [-0.15, -0.1) is 11.3 Å². The van der Waals surface area contributed by atoms with Gasteiger partial charge >= 0.3 is 0 Å². The minimum Gasteiger partial charge on any atom is -0.494 e. The highest BCUT2D eigenvalue weighted by atomic mass is 32.1. The Morgan fingerprint density at radius 3 is 2.85 bits per heavy atom. The van der Waals surface area contributed by atoms with E-state index in [2.05, 4.69) is 39.3 Å². The van der Waals surface area contributed by atoms with Crippen LogP contribution in [0.15, 0.2) is 36.7 Å². The molecule has 0 aliphatic carbocycles. The molecule has 2 saturated heterocycles. The lowest BCUT2D eigenvalue weighted by molar-refractivity contribution is 0.103. The Morgan fingerprint density at radius 2 is 2.06 bits per heavy atom. The number of pyridine rings is 2.